The van der Waals surface area contributed by atoms with Gasteiger partial charge in [0.05, 0.1) is 7.11 Å². The van der Waals surface area contributed by atoms with E-state index in [0.29, 0.717) is 13.2 Å². The molecule has 4 rings (SSSR count). The van der Waals surface area contributed by atoms with Crippen LogP contribution < -0.4 is 14.8 Å². The Morgan fingerprint density at radius 3 is 2.27 bits per heavy atom. The van der Waals surface area contributed by atoms with Crippen molar-refractivity contribution >= 4 is 10.8 Å². The third-order valence-corrected chi connectivity index (χ3v) is 5.45. The lowest BCUT2D eigenvalue weighted by Gasteiger charge is -2.16. The van der Waals surface area contributed by atoms with Crippen LogP contribution >= 0.6 is 0 Å². The van der Waals surface area contributed by atoms with Gasteiger partial charge in [0.25, 0.3) is 0 Å². The fourth-order valence-electron chi connectivity index (χ4n) is 3.73. The number of methoxy groups -OCH3 is 1. The first-order chi connectivity index (χ1) is 14.8. The molecule has 4 aromatic rings. The molecule has 0 fully saturated rings. The number of para-hydroxylation sites is 1. The van der Waals surface area contributed by atoms with E-state index < -0.39 is 0 Å². The normalized spacial score (nSPS) is 10.9. The monoisotopic (exact) mass is 397 g/mol. The van der Waals surface area contributed by atoms with Crippen LogP contribution in [0.25, 0.3) is 10.8 Å². The van der Waals surface area contributed by atoms with Crippen LogP contribution in [0.15, 0.2) is 84.9 Å². The number of fused-ring (bicyclic) bond motifs is 1. The van der Waals surface area contributed by atoms with Crippen LogP contribution in [-0.2, 0) is 19.7 Å². The SMILES string of the molecule is COc1ccccc1CNCc1c(OCc2ccccc2C)ccc2ccccc12. The number of rotatable bonds is 8. The van der Waals surface area contributed by atoms with E-state index in [0.717, 1.165) is 23.6 Å². The molecule has 30 heavy (non-hydrogen) atoms. The molecule has 3 nitrogen and oxygen atoms in total. The number of benzene rings is 4. The molecule has 152 valence electrons. The largest absolute Gasteiger partial charge is 0.496 e. The minimum atomic E-state index is 0.560. The van der Waals surface area contributed by atoms with Gasteiger partial charge in [0.1, 0.15) is 18.1 Å². The van der Waals surface area contributed by atoms with E-state index in [9.17, 15) is 0 Å². The van der Waals surface area contributed by atoms with Crippen LogP contribution in [-0.4, -0.2) is 7.11 Å². The highest BCUT2D eigenvalue weighted by Crippen LogP contribution is 2.29. The Morgan fingerprint density at radius 2 is 1.43 bits per heavy atom. The molecule has 0 radical (unpaired) electrons. The molecule has 1 N–H and O–H groups in total. The van der Waals surface area contributed by atoms with E-state index in [4.69, 9.17) is 9.47 Å². The highest BCUT2D eigenvalue weighted by molar-refractivity contribution is 5.87. The molecule has 0 heterocycles. The molecule has 0 atom stereocenters. The molecule has 0 saturated heterocycles. The van der Waals surface area contributed by atoms with E-state index >= 15 is 0 Å². The van der Waals surface area contributed by atoms with Gasteiger partial charge in [0.2, 0.25) is 0 Å². The summed E-state index contributed by atoms with van der Waals surface area (Å²) in [4.78, 5) is 0. The van der Waals surface area contributed by atoms with Gasteiger partial charge in [-0.2, -0.15) is 0 Å². The first-order valence-corrected chi connectivity index (χ1v) is 10.3. The number of hydrogen-bond donors (Lipinski definition) is 1. The third kappa shape index (κ3) is 4.47. The van der Waals surface area contributed by atoms with Crippen LogP contribution in [0, 0.1) is 6.92 Å². The molecule has 0 aliphatic rings. The van der Waals surface area contributed by atoms with Crippen molar-refractivity contribution in [2.45, 2.75) is 26.6 Å². The van der Waals surface area contributed by atoms with E-state index in [-0.39, 0.29) is 0 Å². The van der Waals surface area contributed by atoms with Crippen LogP contribution in [0.2, 0.25) is 0 Å². The van der Waals surface area contributed by atoms with Gasteiger partial charge in [-0.15, -0.1) is 0 Å². The maximum absolute atomic E-state index is 6.30. The first kappa shape index (κ1) is 20.0. The van der Waals surface area contributed by atoms with Gasteiger partial charge in [-0.25, -0.2) is 0 Å². The predicted octanol–water partition coefficient (Wildman–Crippen LogP) is 6.03. The van der Waals surface area contributed by atoms with Crippen molar-refractivity contribution < 1.29 is 9.47 Å². The van der Waals surface area contributed by atoms with Gasteiger partial charge < -0.3 is 14.8 Å². The second kappa shape index (κ2) is 9.47. The molecule has 0 amide bonds. The van der Waals surface area contributed by atoms with E-state index in [2.05, 4.69) is 79.0 Å². The molecule has 0 spiro atoms. The maximum Gasteiger partial charge on any atom is 0.124 e. The summed E-state index contributed by atoms with van der Waals surface area (Å²) in [5.74, 6) is 1.82. The first-order valence-electron chi connectivity index (χ1n) is 10.3. The van der Waals surface area contributed by atoms with Crippen molar-refractivity contribution in [3.63, 3.8) is 0 Å². The van der Waals surface area contributed by atoms with Crippen molar-refractivity contribution in [2.75, 3.05) is 7.11 Å². The number of ether oxygens (including phenoxy) is 2. The summed E-state index contributed by atoms with van der Waals surface area (Å²) in [5.41, 5.74) is 4.77. The molecule has 0 bridgehead atoms. The maximum atomic E-state index is 6.30. The summed E-state index contributed by atoms with van der Waals surface area (Å²) in [5, 5.41) is 6.01. The molecule has 0 unspecified atom stereocenters. The Morgan fingerprint density at radius 1 is 0.700 bits per heavy atom. The van der Waals surface area contributed by atoms with Gasteiger partial charge in [0, 0.05) is 24.2 Å². The van der Waals surface area contributed by atoms with E-state index in [1.165, 1.54) is 27.5 Å². The topological polar surface area (TPSA) is 30.5 Å². The Kier molecular flexibility index (Phi) is 6.31. The molecular weight excluding hydrogens is 370 g/mol. The van der Waals surface area contributed by atoms with E-state index in [1.54, 1.807) is 7.11 Å². The van der Waals surface area contributed by atoms with Gasteiger partial charge in [-0.1, -0.05) is 72.8 Å². The van der Waals surface area contributed by atoms with Gasteiger partial charge in [-0.3, -0.25) is 0 Å². The summed E-state index contributed by atoms with van der Waals surface area (Å²) in [7, 11) is 1.71. The van der Waals surface area contributed by atoms with Crippen molar-refractivity contribution in [1.29, 1.82) is 0 Å². The average Bonchev–Trinajstić information content (AvgIpc) is 2.79. The average molecular weight is 398 g/mol. The molecule has 4 aromatic carbocycles. The minimum absolute atomic E-state index is 0.560. The number of hydrogen-bond acceptors (Lipinski definition) is 3. The van der Waals surface area contributed by atoms with Crippen LogP contribution in [0.5, 0.6) is 11.5 Å². The molecule has 0 aliphatic carbocycles. The smallest absolute Gasteiger partial charge is 0.124 e. The predicted molar refractivity (Wildman–Crippen MR) is 123 cm³/mol. The lowest BCUT2D eigenvalue weighted by atomic mass is 10.0. The lowest BCUT2D eigenvalue weighted by molar-refractivity contribution is 0.302. The van der Waals surface area contributed by atoms with E-state index in [1.807, 2.05) is 18.2 Å². The Hall–Kier alpha value is -3.30. The molecule has 0 aliphatic heterocycles. The van der Waals surface area contributed by atoms with Gasteiger partial charge in [0.15, 0.2) is 0 Å². The van der Waals surface area contributed by atoms with Crippen molar-refractivity contribution in [1.82, 2.24) is 5.32 Å². The van der Waals surface area contributed by atoms with Crippen molar-refractivity contribution in [3.05, 3.63) is 107 Å². The van der Waals surface area contributed by atoms with Gasteiger partial charge >= 0.3 is 0 Å². The second-order valence-electron chi connectivity index (χ2n) is 7.39. The summed E-state index contributed by atoms with van der Waals surface area (Å²) in [6, 6.07) is 29.1. The fraction of sp³-hybridized carbons (Fsp3) is 0.185. The van der Waals surface area contributed by atoms with Crippen LogP contribution in [0.1, 0.15) is 22.3 Å². The fourth-order valence-corrected chi connectivity index (χ4v) is 3.73. The standard InChI is InChI=1S/C27H27NO2/c1-20-9-3-4-12-23(20)19-30-27-16-15-21-10-5-7-13-24(21)25(27)18-28-17-22-11-6-8-14-26(22)29-2/h3-16,28H,17-19H2,1-2H3. The zero-order valence-corrected chi connectivity index (χ0v) is 17.5. The third-order valence-electron chi connectivity index (χ3n) is 5.45. The molecule has 0 aromatic heterocycles. The molecule has 0 saturated carbocycles. The zero-order chi connectivity index (χ0) is 20.8. The molecular formula is C27H27NO2. The summed E-state index contributed by atoms with van der Waals surface area (Å²) in [6.07, 6.45) is 0. The minimum Gasteiger partial charge on any atom is -0.496 e. The molecule has 3 heteroatoms. The van der Waals surface area contributed by atoms with Crippen molar-refractivity contribution in [3.8, 4) is 11.5 Å². The summed E-state index contributed by atoms with van der Waals surface area (Å²) in [6.45, 7) is 4.12. The summed E-state index contributed by atoms with van der Waals surface area (Å²) >= 11 is 0. The lowest BCUT2D eigenvalue weighted by Crippen LogP contribution is -2.14. The Bertz CT molecular complexity index is 1140. The van der Waals surface area contributed by atoms with Crippen LogP contribution in [0.4, 0.5) is 0 Å². The van der Waals surface area contributed by atoms with Gasteiger partial charge in [-0.05, 0) is 41.0 Å². The Labute approximate surface area is 178 Å². The van der Waals surface area contributed by atoms with Crippen molar-refractivity contribution in [2.24, 2.45) is 0 Å². The number of aryl methyl sites for hydroxylation is 1. The number of nitrogens with one attached hydrogen (secondary N) is 1. The quantitative estimate of drug-likeness (QED) is 0.394. The zero-order valence-electron chi connectivity index (χ0n) is 17.5. The highest BCUT2D eigenvalue weighted by Gasteiger charge is 2.10. The summed E-state index contributed by atoms with van der Waals surface area (Å²) < 4.78 is 11.8. The second-order valence-corrected chi connectivity index (χ2v) is 7.39. The Balaban J connectivity index is 1.56. The van der Waals surface area contributed by atoms with Crippen LogP contribution in [0.3, 0.4) is 0 Å². The highest BCUT2D eigenvalue weighted by atomic mass is 16.5.